The zero-order valence-electron chi connectivity index (χ0n) is 11.0. The molecule has 1 unspecified atom stereocenters. The van der Waals surface area contributed by atoms with Gasteiger partial charge < -0.3 is 4.90 Å². The molecule has 112 valence electrons. The summed E-state index contributed by atoms with van der Waals surface area (Å²) < 4.78 is 36.1. The first-order chi connectivity index (χ1) is 9.87. The second-order valence-corrected chi connectivity index (χ2v) is 7.38. The number of fused-ring (bicyclic) bond motifs is 1. The highest BCUT2D eigenvalue weighted by Crippen LogP contribution is 2.27. The van der Waals surface area contributed by atoms with Crippen molar-refractivity contribution in [3.8, 4) is 0 Å². The third kappa shape index (κ3) is 2.51. The summed E-state index contributed by atoms with van der Waals surface area (Å²) >= 11 is 0. The van der Waals surface area contributed by atoms with Crippen LogP contribution in [0.2, 0.25) is 0 Å². The Balaban J connectivity index is 1.90. The average Bonchev–Trinajstić information content (AvgIpc) is 2.39. The van der Waals surface area contributed by atoms with Crippen molar-refractivity contribution in [2.75, 3.05) is 23.0 Å². The lowest BCUT2D eigenvalue weighted by Gasteiger charge is -2.42. The van der Waals surface area contributed by atoms with E-state index in [1.54, 1.807) is 0 Å². The van der Waals surface area contributed by atoms with Crippen LogP contribution < -0.4 is 4.90 Å². The Morgan fingerprint density at radius 1 is 1.14 bits per heavy atom. The summed E-state index contributed by atoms with van der Waals surface area (Å²) in [5.74, 6) is -1.20. The zero-order valence-corrected chi connectivity index (χ0v) is 11.8. The number of benzene rings is 1. The number of anilines is 1. The number of carbonyl (C=O) groups is 2. The molecule has 0 N–H and O–H groups in total. The maximum atomic E-state index is 12.9. The lowest BCUT2D eigenvalue weighted by molar-refractivity contribution is -0.120. The van der Waals surface area contributed by atoms with Gasteiger partial charge in [-0.3, -0.25) is 4.79 Å². The van der Waals surface area contributed by atoms with Crippen molar-refractivity contribution in [3.05, 3.63) is 30.1 Å². The third-order valence-electron chi connectivity index (χ3n) is 3.71. The van der Waals surface area contributed by atoms with Crippen LogP contribution in [-0.4, -0.2) is 49.3 Å². The molecule has 1 aromatic carbocycles. The molecule has 1 atom stereocenters. The number of rotatable bonds is 1. The van der Waals surface area contributed by atoms with Crippen molar-refractivity contribution in [3.63, 3.8) is 0 Å². The molecule has 1 aromatic rings. The fraction of sp³-hybridized carbons (Fsp3) is 0.385. The lowest BCUT2D eigenvalue weighted by atomic mass is 10.1. The summed E-state index contributed by atoms with van der Waals surface area (Å²) in [6.07, 6.45) is -0.0393. The highest BCUT2D eigenvalue weighted by atomic mass is 32.2. The van der Waals surface area contributed by atoms with E-state index in [9.17, 15) is 22.4 Å². The number of hydrogen-bond donors (Lipinski definition) is 0. The molecule has 2 heterocycles. The Bertz CT molecular complexity index is 701. The van der Waals surface area contributed by atoms with Gasteiger partial charge in [0.2, 0.25) is 5.91 Å². The predicted molar refractivity (Wildman–Crippen MR) is 73.0 cm³/mol. The number of hydrogen-bond acceptors (Lipinski definition) is 4. The first-order valence-electron chi connectivity index (χ1n) is 6.47. The van der Waals surface area contributed by atoms with Crippen LogP contribution in [0.15, 0.2) is 24.3 Å². The largest absolute Gasteiger partial charge is 0.331 e. The molecule has 21 heavy (non-hydrogen) atoms. The van der Waals surface area contributed by atoms with E-state index in [1.807, 2.05) is 0 Å². The number of sulfone groups is 1. The number of halogens is 1. The van der Waals surface area contributed by atoms with Gasteiger partial charge in [0.1, 0.15) is 5.82 Å². The topological polar surface area (TPSA) is 74.8 Å². The fourth-order valence-corrected chi connectivity index (χ4v) is 4.21. The zero-order chi connectivity index (χ0) is 15.2. The highest BCUT2D eigenvalue weighted by Gasteiger charge is 2.44. The van der Waals surface area contributed by atoms with Gasteiger partial charge in [0, 0.05) is 13.0 Å². The van der Waals surface area contributed by atoms with E-state index in [1.165, 1.54) is 29.2 Å². The Morgan fingerprint density at radius 3 is 2.48 bits per heavy atom. The number of urea groups is 1. The molecule has 2 saturated heterocycles. The second-order valence-electron chi connectivity index (χ2n) is 5.15. The van der Waals surface area contributed by atoms with Crippen molar-refractivity contribution < 1.29 is 22.4 Å². The van der Waals surface area contributed by atoms with E-state index in [-0.39, 0.29) is 24.5 Å². The van der Waals surface area contributed by atoms with Crippen LogP contribution >= 0.6 is 0 Å². The third-order valence-corrected chi connectivity index (χ3v) is 5.41. The van der Waals surface area contributed by atoms with Gasteiger partial charge in [-0.05, 0) is 24.3 Å². The number of imide groups is 1. The molecule has 0 aromatic heterocycles. The minimum Gasteiger partial charge on any atom is -0.318 e. The van der Waals surface area contributed by atoms with E-state index in [4.69, 9.17) is 0 Å². The van der Waals surface area contributed by atoms with Gasteiger partial charge in [0.05, 0.1) is 23.2 Å². The molecule has 8 heteroatoms. The maximum absolute atomic E-state index is 12.9. The molecular weight excluding hydrogens is 299 g/mol. The first-order valence-corrected chi connectivity index (χ1v) is 8.29. The molecule has 2 aliphatic rings. The number of amides is 3. The molecule has 3 rings (SSSR count). The van der Waals surface area contributed by atoms with Crippen molar-refractivity contribution in [1.29, 1.82) is 0 Å². The Kier molecular flexibility index (Phi) is 3.20. The molecule has 0 saturated carbocycles. The van der Waals surface area contributed by atoms with Gasteiger partial charge in [-0.15, -0.1) is 0 Å². The van der Waals surface area contributed by atoms with Crippen LogP contribution in [-0.2, 0) is 14.6 Å². The predicted octanol–water partition coefficient (Wildman–Crippen LogP) is 0.781. The van der Waals surface area contributed by atoms with Crippen molar-refractivity contribution in [2.45, 2.75) is 12.5 Å². The normalized spacial score (nSPS) is 24.9. The van der Waals surface area contributed by atoms with E-state index < -0.39 is 33.6 Å². The Hall–Kier alpha value is -1.96. The molecular formula is C13H13FN2O4S. The van der Waals surface area contributed by atoms with Crippen molar-refractivity contribution >= 4 is 27.5 Å². The summed E-state index contributed by atoms with van der Waals surface area (Å²) in [5.41, 5.74) is 0.290. The van der Waals surface area contributed by atoms with Crippen molar-refractivity contribution in [1.82, 2.24) is 4.90 Å². The minimum atomic E-state index is -3.20. The van der Waals surface area contributed by atoms with Crippen LogP contribution in [0.4, 0.5) is 14.9 Å². The molecule has 6 nitrogen and oxygen atoms in total. The van der Waals surface area contributed by atoms with Crippen LogP contribution in [0, 0.1) is 5.82 Å². The summed E-state index contributed by atoms with van der Waals surface area (Å²) in [6.45, 7) is 0.0802. The van der Waals surface area contributed by atoms with Gasteiger partial charge in [-0.25, -0.2) is 22.5 Å². The van der Waals surface area contributed by atoms with Crippen LogP contribution in [0.3, 0.4) is 0 Å². The smallest absolute Gasteiger partial charge is 0.318 e. The van der Waals surface area contributed by atoms with Gasteiger partial charge in [0.25, 0.3) is 0 Å². The van der Waals surface area contributed by atoms with E-state index in [0.717, 1.165) is 4.90 Å². The quantitative estimate of drug-likeness (QED) is 0.768. The van der Waals surface area contributed by atoms with Crippen molar-refractivity contribution in [2.24, 2.45) is 0 Å². The number of nitrogens with zero attached hydrogens (tertiary/aromatic N) is 2. The van der Waals surface area contributed by atoms with Crippen LogP contribution in [0.1, 0.15) is 6.42 Å². The fourth-order valence-electron chi connectivity index (χ4n) is 2.68. The van der Waals surface area contributed by atoms with Crippen LogP contribution in [0.25, 0.3) is 0 Å². The lowest BCUT2D eigenvalue weighted by Crippen LogP contribution is -2.62. The van der Waals surface area contributed by atoms with E-state index >= 15 is 0 Å². The summed E-state index contributed by atoms with van der Waals surface area (Å²) in [6, 6.07) is 3.90. The average molecular weight is 312 g/mol. The molecule has 2 fully saturated rings. The van der Waals surface area contributed by atoms with Gasteiger partial charge in [0.15, 0.2) is 9.84 Å². The first kappa shape index (κ1) is 14.0. The molecule has 0 aliphatic carbocycles. The second kappa shape index (κ2) is 4.80. The highest BCUT2D eigenvalue weighted by molar-refractivity contribution is 7.91. The monoisotopic (exact) mass is 312 g/mol. The van der Waals surface area contributed by atoms with E-state index in [0.29, 0.717) is 5.69 Å². The van der Waals surface area contributed by atoms with E-state index in [2.05, 4.69) is 0 Å². The minimum absolute atomic E-state index is 0.0393. The van der Waals surface area contributed by atoms with Crippen LogP contribution in [0.5, 0.6) is 0 Å². The molecule has 0 spiro atoms. The Morgan fingerprint density at radius 2 is 1.81 bits per heavy atom. The summed E-state index contributed by atoms with van der Waals surface area (Å²) in [7, 11) is -3.20. The van der Waals surface area contributed by atoms with Gasteiger partial charge >= 0.3 is 6.03 Å². The number of carbonyl (C=O) groups excluding carboxylic acids is 2. The van der Waals surface area contributed by atoms with Gasteiger partial charge in [-0.2, -0.15) is 0 Å². The van der Waals surface area contributed by atoms with Gasteiger partial charge in [-0.1, -0.05) is 0 Å². The summed E-state index contributed by atoms with van der Waals surface area (Å²) in [5, 5.41) is 0. The summed E-state index contributed by atoms with van der Waals surface area (Å²) in [4.78, 5) is 26.9. The molecule has 3 amide bonds. The maximum Gasteiger partial charge on any atom is 0.331 e. The molecule has 2 aliphatic heterocycles. The standard InChI is InChI=1S/C13H13FN2O4S/c14-9-1-3-10(4-2-9)16-12(17)7-11-8-21(19,20)6-5-15(11)13(16)18/h1-4,11H,5-8H2. The SMILES string of the molecule is O=C1CC2CS(=O)(=O)CCN2C(=O)N1c1ccc(F)cc1. The molecule has 0 bridgehead atoms. The Labute approximate surface area is 121 Å². The molecule has 0 radical (unpaired) electrons.